The Balaban J connectivity index is 1.72. The van der Waals surface area contributed by atoms with Gasteiger partial charge in [-0.25, -0.2) is 0 Å². The van der Waals surface area contributed by atoms with E-state index in [1.165, 1.54) is 6.20 Å². The maximum atomic E-state index is 13.3. The minimum absolute atomic E-state index is 0.0151. The van der Waals surface area contributed by atoms with E-state index in [1.807, 2.05) is 0 Å². The van der Waals surface area contributed by atoms with E-state index in [-0.39, 0.29) is 24.8 Å². The number of piperidine rings is 2. The van der Waals surface area contributed by atoms with E-state index < -0.39 is 36.1 Å². The molecule has 28 heavy (non-hydrogen) atoms. The van der Waals surface area contributed by atoms with Gasteiger partial charge in [-0.3, -0.25) is 9.88 Å². The summed E-state index contributed by atoms with van der Waals surface area (Å²) in [6.45, 7) is 0.948. The predicted octanol–water partition coefficient (Wildman–Crippen LogP) is 0.0760. The molecule has 0 bridgehead atoms. The minimum atomic E-state index is -4.47. The summed E-state index contributed by atoms with van der Waals surface area (Å²) in [6.07, 6.45) is -4.40. The lowest BCUT2D eigenvalue weighted by Crippen LogP contribution is -2.63. The molecule has 3 heterocycles. The summed E-state index contributed by atoms with van der Waals surface area (Å²) in [6, 6.07) is 0.248. The molecule has 0 aliphatic carbocycles. The van der Waals surface area contributed by atoms with Gasteiger partial charge in [0.1, 0.15) is 12.2 Å². The van der Waals surface area contributed by atoms with Gasteiger partial charge in [0, 0.05) is 32.4 Å². The van der Waals surface area contributed by atoms with Gasteiger partial charge < -0.3 is 25.3 Å². The fraction of sp³-hybridized carbons (Fsp3) is 0.722. The van der Waals surface area contributed by atoms with Crippen LogP contribution in [0.4, 0.5) is 18.9 Å². The first-order chi connectivity index (χ1) is 13.2. The first kappa shape index (κ1) is 21.3. The number of anilines is 1. The molecular formula is C18H26F3N3O4. The van der Waals surface area contributed by atoms with Crippen LogP contribution < -0.4 is 4.90 Å². The molecule has 0 aromatic carbocycles. The number of aliphatic hydroxyl groups is 4. The number of aliphatic hydroxyl groups excluding tert-OH is 4. The number of aromatic nitrogens is 1. The van der Waals surface area contributed by atoms with Crippen molar-refractivity contribution in [1.82, 2.24) is 9.88 Å². The van der Waals surface area contributed by atoms with Crippen LogP contribution in [0.5, 0.6) is 0 Å². The Kier molecular flexibility index (Phi) is 6.45. The average Bonchev–Trinajstić information content (AvgIpc) is 2.66. The Morgan fingerprint density at radius 1 is 1.14 bits per heavy atom. The van der Waals surface area contributed by atoms with E-state index in [1.54, 1.807) is 9.80 Å². The lowest BCUT2D eigenvalue weighted by Gasteiger charge is -2.45. The first-order valence-electron chi connectivity index (χ1n) is 9.37. The molecule has 0 saturated carbocycles. The summed E-state index contributed by atoms with van der Waals surface area (Å²) in [5.41, 5.74) is -0.670. The van der Waals surface area contributed by atoms with Gasteiger partial charge in [-0.15, -0.1) is 0 Å². The molecule has 0 unspecified atom stereocenters. The van der Waals surface area contributed by atoms with Gasteiger partial charge in [0.2, 0.25) is 0 Å². The summed E-state index contributed by atoms with van der Waals surface area (Å²) in [4.78, 5) is 7.23. The Morgan fingerprint density at radius 2 is 1.89 bits per heavy atom. The van der Waals surface area contributed by atoms with E-state index >= 15 is 0 Å². The van der Waals surface area contributed by atoms with Crippen molar-refractivity contribution in [1.29, 1.82) is 0 Å². The van der Waals surface area contributed by atoms with Crippen LogP contribution in [-0.2, 0) is 6.18 Å². The molecule has 1 aromatic heterocycles. The normalized spacial score (nSPS) is 32.5. The number of rotatable bonds is 4. The molecule has 1 aromatic rings. The first-order valence-corrected chi connectivity index (χ1v) is 9.37. The zero-order valence-corrected chi connectivity index (χ0v) is 15.3. The molecule has 0 radical (unpaired) electrons. The minimum Gasteiger partial charge on any atom is -0.395 e. The maximum absolute atomic E-state index is 13.3. The molecule has 158 valence electrons. The van der Waals surface area contributed by atoms with Gasteiger partial charge in [-0.05, 0) is 24.8 Å². The SMILES string of the molecule is OC[C@@H]1[C@@H](O)[C@H](O)[C@@H](O)CN1C[C@H]1CCCN(c2cnccc2C(F)(F)F)C1. The van der Waals surface area contributed by atoms with Crippen LogP contribution in [0.15, 0.2) is 18.5 Å². The quantitative estimate of drug-likeness (QED) is 0.563. The third-order valence-electron chi connectivity index (χ3n) is 5.67. The van der Waals surface area contributed by atoms with Crippen LogP contribution in [-0.4, -0.2) is 87.4 Å². The highest BCUT2D eigenvalue weighted by molar-refractivity contribution is 5.53. The fourth-order valence-corrected chi connectivity index (χ4v) is 4.23. The number of alkyl halides is 3. The van der Waals surface area contributed by atoms with Crippen molar-refractivity contribution in [3.63, 3.8) is 0 Å². The zero-order valence-electron chi connectivity index (χ0n) is 15.3. The van der Waals surface area contributed by atoms with Crippen LogP contribution in [0.1, 0.15) is 18.4 Å². The summed E-state index contributed by atoms with van der Waals surface area (Å²) in [5, 5.41) is 39.4. The van der Waals surface area contributed by atoms with Crippen molar-refractivity contribution in [2.75, 3.05) is 37.7 Å². The average molecular weight is 405 g/mol. The van der Waals surface area contributed by atoms with Gasteiger partial charge in [0.05, 0.1) is 36.2 Å². The van der Waals surface area contributed by atoms with Gasteiger partial charge in [0.15, 0.2) is 0 Å². The smallest absolute Gasteiger partial charge is 0.395 e. The highest BCUT2D eigenvalue weighted by atomic mass is 19.4. The third kappa shape index (κ3) is 4.41. The van der Waals surface area contributed by atoms with Crippen LogP contribution >= 0.6 is 0 Å². The number of β-amino-alcohol motifs (C(OH)–C–C–N with tert-alkyl or cyclic N) is 1. The van der Waals surface area contributed by atoms with Crippen molar-refractivity contribution in [2.45, 2.75) is 43.4 Å². The Labute approximate surface area is 161 Å². The number of pyridine rings is 1. The highest BCUT2D eigenvalue weighted by Crippen LogP contribution is 2.37. The van der Waals surface area contributed by atoms with Gasteiger partial charge in [0.25, 0.3) is 0 Å². The molecule has 4 N–H and O–H groups in total. The lowest BCUT2D eigenvalue weighted by molar-refractivity contribution is -0.147. The van der Waals surface area contributed by atoms with Crippen LogP contribution in [0.3, 0.4) is 0 Å². The van der Waals surface area contributed by atoms with Crippen LogP contribution in [0.2, 0.25) is 0 Å². The standard InChI is InChI=1S/C18H26F3N3O4/c19-18(20,21)12-3-4-22-6-13(12)23-5-1-2-11(7-23)8-24-9-15(26)17(28)16(27)14(24)10-25/h3-4,6,11,14-17,25-28H,1-2,5,7-10H2/t11-,14+,15-,16+,17+/m0/s1. The fourth-order valence-electron chi connectivity index (χ4n) is 4.23. The lowest BCUT2D eigenvalue weighted by atomic mass is 9.90. The molecule has 2 aliphatic heterocycles. The molecule has 5 atom stereocenters. The second-order valence-corrected chi connectivity index (χ2v) is 7.60. The molecule has 10 heteroatoms. The van der Waals surface area contributed by atoms with Gasteiger partial charge >= 0.3 is 6.18 Å². The van der Waals surface area contributed by atoms with E-state index in [2.05, 4.69) is 4.98 Å². The zero-order chi connectivity index (χ0) is 20.5. The monoisotopic (exact) mass is 405 g/mol. The van der Waals surface area contributed by atoms with Crippen molar-refractivity contribution < 1.29 is 33.6 Å². The molecule has 2 aliphatic rings. The molecule has 0 spiro atoms. The van der Waals surface area contributed by atoms with E-state index in [4.69, 9.17) is 0 Å². The Morgan fingerprint density at radius 3 is 2.57 bits per heavy atom. The van der Waals surface area contributed by atoms with Crippen LogP contribution in [0.25, 0.3) is 0 Å². The van der Waals surface area contributed by atoms with Crippen LogP contribution in [0, 0.1) is 5.92 Å². The number of hydrogen-bond acceptors (Lipinski definition) is 7. The van der Waals surface area contributed by atoms with E-state index in [0.29, 0.717) is 26.1 Å². The summed E-state index contributed by atoms with van der Waals surface area (Å²) in [5.74, 6) is -0.0151. The van der Waals surface area contributed by atoms with E-state index in [9.17, 15) is 33.6 Å². The molecule has 3 rings (SSSR count). The largest absolute Gasteiger partial charge is 0.418 e. The molecule has 0 amide bonds. The second-order valence-electron chi connectivity index (χ2n) is 7.60. The van der Waals surface area contributed by atoms with E-state index in [0.717, 1.165) is 18.7 Å². The topological polar surface area (TPSA) is 100 Å². The molecular weight excluding hydrogens is 379 g/mol. The maximum Gasteiger partial charge on any atom is 0.418 e. The third-order valence-corrected chi connectivity index (χ3v) is 5.67. The van der Waals surface area contributed by atoms with Crippen molar-refractivity contribution in [2.24, 2.45) is 5.92 Å². The molecule has 7 nitrogen and oxygen atoms in total. The van der Waals surface area contributed by atoms with Crippen molar-refractivity contribution >= 4 is 5.69 Å². The van der Waals surface area contributed by atoms with Gasteiger partial charge in [-0.1, -0.05) is 0 Å². The Bertz CT molecular complexity index is 663. The Hall–Kier alpha value is -1.46. The second kappa shape index (κ2) is 8.50. The number of hydrogen-bond donors (Lipinski definition) is 4. The highest BCUT2D eigenvalue weighted by Gasteiger charge is 2.42. The number of halogens is 3. The summed E-state index contributed by atoms with van der Waals surface area (Å²) < 4.78 is 40.0. The number of likely N-dealkylation sites (tertiary alicyclic amines) is 1. The summed E-state index contributed by atoms with van der Waals surface area (Å²) >= 11 is 0. The number of nitrogens with zero attached hydrogens (tertiary/aromatic N) is 3. The van der Waals surface area contributed by atoms with Crippen molar-refractivity contribution in [3.8, 4) is 0 Å². The molecule has 2 fully saturated rings. The van der Waals surface area contributed by atoms with Crippen molar-refractivity contribution in [3.05, 3.63) is 24.0 Å². The predicted molar refractivity (Wildman–Crippen MR) is 94.6 cm³/mol. The van der Waals surface area contributed by atoms with Gasteiger partial charge in [-0.2, -0.15) is 13.2 Å². The summed E-state index contributed by atoms with van der Waals surface area (Å²) in [7, 11) is 0. The molecule has 2 saturated heterocycles.